The number of aryl methyl sites for hydroxylation is 2. The molecule has 9 nitrogen and oxygen atoms in total. The first-order chi connectivity index (χ1) is 25.9. The van der Waals surface area contributed by atoms with E-state index < -0.39 is 23.6 Å². The second kappa shape index (κ2) is 19.4. The first kappa shape index (κ1) is 41.9. The number of unbranched alkanes of at least 4 members (excludes halogenated alkanes) is 2. The van der Waals surface area contributed by atoms with Crippen LogP contribution in [0.25, 0.3) is 17.3 Å². The average Bonchev–Trinajstić information content (AvgIpc) is 3.57. The third-order valence-corrected chi connectivity index (χ3v) is 11.4. The molecule has 0 saturated carbocycles. The van der Waals surface area contributed by atoms with Gasteiger partial charge in [0.15, 0.2) is 5.13 Å². The van der Waals surface area contributed by atoms with Gasteiger partial charge in [0.2, 0.25) is 5.91 Å². The number of hydrazine groups is 1. The van der Waals surface area contributed by atoms with Gasteiger partial charge in [-0.3, -0.25) is 19.2 Å². The Balaban J connectivity index is 1.95. The van der Waals surface area contributed by atoms with Gasteiger partial charge in [-0.2, -0.15) is 15.3 Å². The summed E-state index contributed by atoms with van der Waals surface area (Å²) in [4.78, 5) is 63.5. The topological polar surface area (TPSA) is 115 Å². The lowest BCUT2D eigenvalue weighted by Gasteiger charge is -2.34. The average molecular weight is 750 g/mol. The summed E-state index contributed by atoms with van der Waals surface area (Å²) in [7, 11) is 0. The van der Waals surface area contributed by atoms with E-state index in [9.17, 15) is 24.4 Å². The third-order valence-electron chi connectivity index (χ3n) is 10.4. The van der Waals surface area contributed by atoms with E-state index in [1.54, 1.807) is 31.2 Å². The Bertz CT molecular complexity index is 1900. The number of imide groups is 2. The standard InChI is InChI=1S/C44H55N5O4S/c1-9-13-21-33(11-3)27-47(28-34(12-4)22-14-10-2)44-46-40(39-29(5)19-18-20-30(39)6)38(54-44)25-36-31(7)37(26-45)43(53)49(42(36)52)48(32(8)50)41(51)35-23-16-15-17-24-35/h15-20,23-25,33-34H,9-14,21-22,27-28H2,1-8H3/b36-25-. The molecule has 1 aliphatic rings. The van der Waals surface area contributed by atoms with Gasteiger partial charge in [-0.1, -0.05) is 114 Å². The second-order valence-corrected chi connectivity index (χ2v) is 15.3. The normalized spacial score (nSPS) is 15.0. The molecule has 0 fully saturated rings. The van der Waals surface area contributed by atoms with Crippen molar-refractivity contribution in [2.75, 3.05) is 18.0 Å². The number of nitrogens with zero attached hydrogens (tertiary/aromatic N) is 5. The number of nitriles is 1. The van der Waals surface area contributed by atoms with Crippen molar-refractivity contribution >= 4 is 46.2 Å². The summed E-state index contributed by atoms with van der Waals surface area (Å²) in [6, 6.07) is 16.0. The Morgan fingerprint density at radius 1 is 0.870 bits per heavy atom. The van der Waals surface area contributed by atoms with Crippen LogP contribution in [-0.4, -0.2) is 51.7 Å². The molecular weight excluding hydrogens is 695 g/mol. The van der Waals surface area contributed by atoms with Crippen LogP contribution in [0.3, 0.4) is 0 Å². The molecule has 4 amide bonds. The molecule has 1 aliphatic heterocycles. The molecule has 2 aromatic carbocycles. The van der Waals surface area contributed by atoms with Crippen LogP contribution in [0.5, 0.6) is 0 Å². The number of carbonyl (C=O) groups excluding carboxylic acids is 4. The zero-order valence-corrected chi connectivity index (χ0v) is 34.0. The van der Waals surface area contributed by atoms with Gasteiger partial charge in [0.1, 0.15) is 11.6 Å². The lowest BCUT2D eigenvalue weighted by atomic mass is 9.94. The zero-order valence-electron chi connectivity index (χ0n) is 33.2. The Kier molecular flexibility index (Phi) is 15.1. The van der Waals surface area contributed by atoms with Gasteiger partial charge < -0.3 is 4.90 Å². The van der Waals surface area contributed by atoms with Crippen molar-refractivity contribution in [1.29, 1.82) is 5.26 Å². The Morgan fingerprint density at radius 3 is 1.94 bits per heavy atom. The second-order valence-electron chi connectivity index (χ2n) is 14.3. The van der Waals surface area contributed by atoms with Crippen LogP contribution in [0.15, 0.2) is 65.3 Å². The van der Waals surface area contributed by atoms with Crippen molar-refractivity contribution in [3.05, 3.63) is 86.8 Å². The van der Waals surface area contributed by atoms with Crippen LogP contribution in [0.2, 0.25) is 0 Å². The molecule has 0 bridgehead atoms. The highest BCUT2D eigenvalue weighted by atomic mass is 32.1. The minimum atomic E-state index is -1.03. The number of anilines is 1. The fraction of sp³-hybridized carbons (Fsp3) is 0.455. The van der Waals surface area contributed by atoms with Crippen molar-refractivity contribution in [3.63, 3.8) is 0 Å². The lowest BCUT2D eigenvalue weighted by Crippen LogP contribution is -2.57. The van der Waals surface area contributed by atoms with Gasteiger partial charge in [0.25, 0.3) is 17.7 Å². The smallest absolute Gasteiger partial charge is 0.291 e. The number of rotatable bonds is 17. The van der Waals surface area contributed by atoms with Crippen molar-refractivity contribution in [2.45, 2.75) is 107 Å². The van der Waals surface area contributed by atoms with E-state index in [2.05, 4.69) is 32.6 Å². The van der Waals surface area contributed by atoms with Crippen molar-refractivity contribution < 1.29 is 19.2 Å². The lowest BCUT2D eigenvalue weighted by molar-refractivity contribution is -0.163. The first-order valence-electron chi connectivity index (χ1n) is 19.4. The van der Waals surface area contributed by atoms with Gasteiger partial charge in [-0.05, 0) is 80.4 Å². The van der Waals surface area contributed by atoms with Crippen molar-refractivity contribution in [3.8, 4) is 17.3 Å². The number of aromatic nitrogens is 1. The summed E-state index contributed by atoms with van der Waals surface area (Å²) >= 11 is 1.49. The monoisotopic (exact) mass is 749 g/mol. The molecule has 4 rings (SSSR count). The maximum atomic E-state index is 14.5. The van der Waals surface area contributed by atoms with Gasteiger partial charge in [0.05, 0.1) is 10.6 Å². The SMILES string of the molecule is CCCCC(CC)CN(CC(CC)CCCC)c1nc(-c2c(C)cccc2C)c(/C=C2\C(=O)N(N(C(C)=O)C(=O)c3ccccc3)C(=O)C(C#N)=C2C)s1. The molecule has 3 aromatic rings. The van der Waals surface area contributed by atoms with Gasteiger partial charge in [-0.25, -0.2) is 4.98 Å². The molecule has 2 heterocycles. The number of thiazole rings is 1. The molecule has 0 N–H and O–H groups in total. The molecule has 2 unspecified atom stereocenters. The highest BCUT2D eigenvalue weighted by Crippen LogP contribution is 2.40. The minimum Gasteiger partial charge on any atom is -0.348 e. The molecule has 286 valence electrons. The summed E-state index contributed by atoms with van der Waals surface area (Å²) < 4.78 is 0. The number of amides is 4. The summed E-state index contributed by atoms with van der Waals surface area (Å²) in [5.41, 5.74) is 3.71. The minimum absolute atomic E-state index is 0.0382. The molecule has 10 heteroatoms. The maximum absolute atomic E-state index is 14.5. The predicted molar refractivity (Wildman–Crippen MR) is 217 cm³/mol. The Labute approximate surface area is 325 Å². The predicted octanol–water partition coefficient (Wildman–Crippen LogP) is 9.86. The van der Waals surface area contributed by atoms with Gasteiger partial charge in [0, 0.05) is 36.7 Å². The van der Waals surface area contributed by atoms with Crippen molar-refractivity contribution in [1.82, 2.24) is 15.0 Å². The zero-order chi connectivity index (χ0) is 39.5. The molecule has 0 spiro atoms. The largest absolute Gasteiger partial charge is 0.348 e. The number of benzene rings is 2. The number of hydrogen-bond acceptors (Lipinski definition) is 8. The van der Waals surface area contributed by atoms with E-state index in [1.807, 2.05) is 38.1 Å². The highest BCUT2D eigenvalue weighted by Gasteiger charge is 2.43. The van der Waals surface area contributed by atoms with E-state index in [1.165, 1.54) is 23.5 Å². The fourth-order valence-electron chi connectivity index (χ4n) is 7.07. The molecule has 54 heavy (non-hydrogen) atoms. The van der Waals surface area contributed by atoms with Crippen molar-refractivity contribution in [2.24, 2.45) is 11.8 Å². The highest BCUT2D eigenvalue weighted by molar-refractivity contribution is 7.17. The van der Waals surface area contributed by atoms with Crippen LogP contribution >= 0.6 is 11.3 Å². The Morgan fingerprint density at radius 2 is 1.44 bits per heavy atom. The van der Waals surface area contributed by atoms with E-state index in [0.717, 1.165) is 93.2 Å². The van der Waals surface area contributed by atoms with E-state index >= 15 is 0 Å². The van der Waals surface area contributed by atoms with Crippen LogP contribution in [0.4, 0.5) is 5.13 Å². The van der Waals surface area contributed by atoms with Gasteiger partial charge in [-0.15, -0.1) is 0 Å². The molecule has 0 aliphatic carbocycles. The summed E-state index contributed by atoms with van der Waals surface area (Å²) in [6.45, 7) is 17.4. The molecule has 0 saturated heterocycles. The summed E-state index contributed by atoms with van der Waals surface area (Å²) in [5, 5.41) is 12.1. The van der Waals surface area contributed by atoms with Gasteiger partial charge >= 0.3 is 0 Å². The van der Waals surface area contributed by atoms with Crippen LogP contribution in [0.1, 0.15) is 119 Å². The maximum Gasteiger partial charge on any atom is 0.291 e. The van der Waals surface area contributed by atoms with E-state index in [0.29, 0.717) is 32.4 Å². The van der Waals surface area contributed by atoms with Crippen LogP contribution in [-0.2, 0) is 14.4 Å². The molecule has 1 aromatic heterocycles. The fourth-order valence-corrected chi connectivity index (χ4v) is 8.10. The van der Waals surface area contributed by atoms with E-state index in [4.69, 9.17) is 4.98 Å². The molecular formula is C44H55N5O4S. The van der Waals surface area contributed by atoms with Crippen LogP contribution < -0.4 is 4.90 Å². The molecule has 2 atom stereocenters. The first-order valence-corrected chi connectivity index (χ1v) is 20.2. The molecule has 0 radical (unpaired) electrons. The third kappa shape index (κ3) is 9.43. The quantitative estimate of drug-likeness (QED) is 0.0997. The number of carbonyl (C=O) groups is 4. The summed E-state index contributed by atoms with van der Waals surface area (Å²) in [5.74, 6) is -2.61. The number of hydrogen-bond donors (Lipinski definition) is 0. The Hall–Kier alpha value is -4.88. The van der Waals surface area contributed by atoms with Crippen LogP contribution in [0, 0.1) is 37.0 Å². The van der Waals surface area contributed by atoms with E-state index in [-0.39, 0.29) is 22.3 Å². The summed E-state index contributed by atoms with van der Waals surface area (Å²) in [6.07, 6.45) is 10.7.